The van der Waals surface area contributed by atoms with Gasteiger partial charge in [-0.2, -0.15) is 0 Å². The van der Waals surface area contributed by atoms with Crippen molar-refractivity contribution in [1.29, 1.82) is 0 Å². The fourth-order valence-electron chi connectivity index (χ4n) is 3.27. The van der Waals surface area contributed by atoms with Gasteiger partial charge < -0.3 is 15.2 Å². The Kier molecular flexibility index (Phi) is 9.98. The molecule has 2 aromatic rings. The molecular weight excluding hydrogens is 406 g/mol. The first kappa shape index (κ1) is 25.2. The lowest BCUT2D eigenvalue weighted by molar-refractivity contribution is -0.136. The van der Waals surface area contributed by atoms with Gasteiger partial charge in [0.25, 0.3) is 0 Å². The van der Waals surface area contributed by atoms with E-state index in [2.05, 4.69) is 17.2 Å². The van der Waals surface area contributed by atoms with Crippen LogP contribution < -0.4 is 15.0 Å². The number of aliphatic carboxylic acids is 1. The van der Waals surface area contributed by atoms with Crippen molar-refractivity contribution < 1.29 is 19.4 Å². The second kappa shape index (κ2) is 12.7. The van der Waals surface area contributed by atoms with E-state index in [1.165, 1.54) is 11.3 Å². The van der Waals surface area contributed by atoms with Crippen LogP contribution in [-0.4, -0.2) is 41.8 Å². The van der Waals surface area contributed by atoms with Crippen LogP contribution >= 0.6 is 0 Å². The molecule has 174 valence electrons. The van der Waals surface area contributed by atoms with Gasteiger partial charge in [0.1, 0.15) is 11.6 Å². The Morgan fingerprint density at radius 1 is 1.16 bits per heavy atom. The highest BCUT2D eigenvalue weighted by Gasteiger charge is 2.15. The van der Waals surface area contributed by atoms with Crippen molar-refractivity contribution >= 4 is 17.8 Å². The number of aromatic nitrogens is 1. The van der Waals surface area contributed by atoms with Crippen molar-refractivity contribution in [3.63, 3.8) is 0 Å². The Bertz CT molecular complexity index is 899. The maximum Gasteiger partial charge on any atom is 0.322 e. The third-order valence-electron chi connectivity index (χ3n) is 5.00. The third kappa shape index (κ3) is 7.87. The van der Waals surface area contributed by atoms with Crippen molar-refractivity contribution in [3.8, 4) is 17.0 Å². The van der Waals surface area contributed by atoms with Crippen LogP contribution in [0.3, 0.4) is 0 Å². The summed E-state index contributed by atoms with van der Waals surface area (Å²) >= 11 is 0. The molecule has 0 bridgehead atoms. The van der Waals surface area contributed by atoms with Crippen LogP contribution in [0.5, 0.6) is 5.75 Å². The first-order valence-corrected chi connectivity index (χ1v) is 11.3. The zero-order chi connectivity index (χ0) is 23.5. The molecule has 0 aliphatic heterocycles. The number of rotatable bonds is 12. The molecular formula is C25H35N3O4. The van der Waals surface area contributed by atoms with Crippen LogP contribution in [0.4, 0.5) is 10.6 Å². The van der Waals surface area contributed by atoms with Crippen LogP contribution in [0, 0.1) is 0 Å². The molecule has 7 nitrogen and oxygen atoms in total. The van der Waals surface area contributed by atoms with E-state index in [1.807, 2.05) is 44.2 Å². The van der Waals surface area contributed by atoms with Gasteiger partial charge in [-0.3, -0.25) is 9.69 Å². The highest BCUT2D eigenvalue weighted by molar-refractivity contribution is 5.90. The molecule has 1 aromatic heterocycles. The van der Waals surface area contributed by atoms with Gasteiger partial charge in [0.15, 0.2) is 0 Å². The lowest BCUT2D eigenvalue weighted by atomic mass is 10.0. The molecule has 0 aliphatic carbocycles. The summed E-state index contributed by atoms with van der Waals surface area (Å²) in [6, 6.07) is 11.0. The molecule has 0 saturated carbocycles. The monoisotopic (exact) mass is 441 g/mol. The Hall–Kier alpha value is -3.09. The number of anilines is 1. The minimum Gasteiger partial charge on any atom is -0.490 e. The number of benzene rings is 1. The summed E-state index contributed by atoms with van der Waals surface area (Å²) in [6.07, 6.45) is 4.84. The highest BCUT2D eigenvalue weighted by Crippen LogP contribution is 2.32. The highest BCUT2D eigenvalue weighted by atomic mass is 16.5. The smallest absolute Gasteiger partial charge is 0.322 e. The summed E-state index contributed by atoms with van der Waals surface area (Å²) in [5.41, 5.74) is 2.38. The van der Waals surface area contributed by atoms with Crippen molar-refractivity contribution in [1.82, 2.24) is 10.3 Å². The van der Waals surface area contributed by atoms with E-state index in [1.54, 1.807) is 13.1 Å². The molecule has 0 radical (unpaired) electrons. The fraction of sp³-hybridized carbons (Fsp3) is 0.480. The van der Waals surface area contributed by atoms with Gasteiger partial charge in [0.2, 0.25) is 0 Å². The molecule has 0 saturated heterocycles. The van der Waals surface area contributed by atoms with Crippen molar-refractivity contribution in [2.75, 3.05) is 18.5 Å². The third-order valence-corrected chi connectivity index (χ3v) is 5.00. The second-order valence-electron chi connectivity index (χ2n) is 8.12. The number of pyridine rings is 1. The number of carbonyl (C=O) groups is 2. The Balaban J connectivity index is 2.20. The Labute approximate surface area is 190 Å². The number of ether oxygens (including phenoxy) is 1. The molecule has 7 heteroatoms. The topological polar surface area (TPSA) is 91.8 Å². The predicted molar refractivity (Wildman–Crippen MR) is 127 cm³/mol. The quantitative estimate of drug-likeness (QED) is 0.437. The van der Waals surface area contributed by atoms with Crippen molar-refractivity contribution in [2.45, 2.75) is 65.4 Å². The lowest BCUT2D eigenvalue weighted by Crippen LogP contribution is -2.38. The van der Waals surface area contributed by atoms with E-state index in [0.717, 1.165) is 30.4 Å². The van der Waals surface area contributed by atoms with Gasteiger partial charge in [-0.15, -0.1) is 0 Å². The zero-order valence-corrected chi connectivity index (χ0v) is 19.6. The number of carboxylic acid groups (broad SMARTS) is 1. The first-order chi connectivity index (χ1) is 15.3. The molecule has 1 aromatic carbocycles. The molecule has 2 amide bonds. The summed E-state index contributed by atoms with van der Waals surface area (Å²) < 4.78 is 6.00. The number of nitrogens with zero attached hydrogens (tertiary/aromatic N) is 2. The molecule has 0 spiro atoms. The van der Waals surface area contributed by atoms with E-state index in [-0.39, 0.29) is 18.6 Å². The minimum atomic E-state index is -0.832. The SMILES string of the molecule is CCCCCCNC(=O)N(C)c1cccc(-c2ccc(CCC(=O)O)cc2OC(C)C)n1. The van der Waals surface area contributed by atoms with E-state index in [0.29, 0.717) is 30.2 Å². The maximum absolute atomic E-state index is 12.5. The second-order valence-corrected chi connectivity index (χ2v) is 8.12. The van der Waals surface area contributed by atoms with E-state index >= 15 is 0 Å². The predicted octanol–water partition coefficient (Wildman–Crippen LogP) is 5.28. The molecule has 2 rings (SSSR count). The molecule has 1 heterocycles. The Morgan fingerprint density at radius 3 is 2.62 bits per heavy atom. The molecule has 0 unspecified atom stereocenters. The van der Waals surface area contributed by atoms with Gasteiger partial charge in [-0.05, 0) is 56.5 Å². The van der Waals surface area contributed by atoms with Gasteiger partial charge in [0.05, 0.1) is 11.8 Å². The maximum atomic E-state index is 12.5. The average molecular weight is 442 g/mol. The lowest BCUT2D eigenvalue weighted by Gasteiger charge is -2.19. The minimum absolute atomic E-state index is 0.0483. The normalized spacial score (nSPS) is 10.8. The van der Waals surface area contributed by atoms with Crippen molar-refractivity contribution in [3.05, 3.63) is 42.0 Å². The van der Waals surface area contributed by atoms with Crippen LogP contribution in [0.1, 0.15) is 58.4 Å². The summed E-state index contributed by atoms with van der Waals surface area (Å²) in [6.45, 7) is 6.69. The summed E-state index contributed by atoms with van der Waals surface area (Å²) in [7, 11) is 1.70. The average Bonchev–Trinajstić information content (AvgIpc) is 2.76. The zero-order valence-electron chi connectivity index (χ0n) is 19.6. The van der Waals surface area contributed by atoms with E-state index in [9.17, 15) is 9.59 Å². The van der Waals surface area contributed by atoms with Gasteiger partial charge in [0, 0.05) is 25.6 Å². The van der Waals surface area contributed by atoms with Crippen LogP contribution in [0.15, 0.2) is 36.4 Å². The standard InChI is InChI=1S/C25H35N3O4/c1-5-6-7-8-16-26-25(31)28(4)23-11-9-10-21(27-23)20-14-12-19(13-15-24(29)30)17-22(20)32-18(2)3/h9-12,14,17-18H,5-8,13,15-16H2,1-4H3,(H,26,31)(H,29,30). The number of carboxylic acids is 1. The molecule has 2 N–H and O–H groups in total. The molecule has 0 aliphatic rings. The first-order valence-electron chi connectivity index (χ1n) is 11.3. The number of unbranched alkanes of at least 4 members (excludes halogenated alkanes) is 3. The molecule has 0 atom stereocenters. The number of nitrogens with one attached hydrogen (secondary N) is 1. The van der Waals surface area contributed by atoms with Crippen LogP contribution in [0.2, 0.25) is 0 Å². The van der Waals surface area contributed by atoms with E-state index < -0.39 is 5.97 Å². The summed E-state index contributed by atoms with van der Waals surface area (Å²) in [4.78, 5) is 29.6. The summed E-state index contributed by atoms with van der Waals surface area (Å²) in [5.74, 6) is 0.357. The van der Waals surface area contributed by atoms with Gasteiger partial charge >= 0.3 is 12.0 Å². The largest absolute Gasteiger partial charge is 0.490 e. The number of carbonyl (C=O) groups excluding carboxylic acids is 1. The number of amides is 2. The molecule has 32 heavy (non-hydrogen) atoms. The molecule has 0 fully saturated rings. The van der Waals surface area contributed by atoms with Crippen LogP contribution in [0.25, 0.3) is 11.3 Å². The van der Waals surface area contributed by atoms with Gasteiger partial charge in [-0.25, -0.2) is 9.78 Å². The number of hydrogen-bond donors (Lipinski definition) is 2. The number of urea groups is 1. The summed E-state index contributed by atoms with van der Waals surface area (Å²) in [5, 5.41) is 11.9. The van der Waals surface area contributed by atoms with Crippen LogP contribution in [-0.2, 0) is 11.2 Å². The fourth-order valence-corrected chi connectivity index (χ4v) is 3.27. The van der Waals surface area contributed by atoms with E-state index in [4.69, 9.17) is 9.84 Å². The van der Waals surface area contributed by atoms with Gasteiger partial charge in [-0.1, -0.05) is 38.3 Å². The number of aryl methyl sites for hydroxylation is 1. The Morgan fingerprint density at radius 2 is 1.94 bits per heavy atom. The van der Waals surface area contributed by atoms with Crippen molar-refractivity contribution in [2.24, 2.45) is 0 Å². The number of hydrogen-bond acceptors (Lipinski definition) is 4.